The van der Waals surface area contributed by atoms with Crippen molar-refractivity contribution in [3.8, 4) is 5.88 Å². The maximum atomic E-state index is 5.52. The standard InChI is InChI=1S/C9H13N3OS/c1-13-9-6-5-14-3-2-7(6)11-8(4-10)12-9/h2-5,10H2,1H3. The smallest absolute Gasteiger partial charge is 0.220 e. The molecule has 0 saturated carbocycles. The molecule has 0 fully saturated rings. The highest BCUT2D eigenvalue weighted by Gasteiger charge is 2.17. The number of hydrogen-bond donors (Lipinski definition) is 1. The Hall–Kier alpha value is -0.810. The van der Waals surface area contributed by atoms with Gasteiger partial charge in [-0.15, -0.1) is 0 Å². The molecule has 14 heavy (non-hydrogen) atoms. The molecular weight excluding hydrogens is 198 g/mol. The van der Waals surface area contributed by atoms with Crippen molar-refractivity contribution in [1.29, 1.82) is 0 Å². The second-order valence-corrected chi connectivity index (χ2v) is 4.19. The van der Waals surface area contributed by atoms with Crippen molar-refractivity contribution in [1.82, 2.24) is 9.97 Å². The maximum absolute atomic E-state index is 5.52. The third-order valence-corrected chi connectivity index (χ3v) is 3.19. The van der Waals surface area contributed by atoms with Crippen LogP contribution in [0.4, 0.5) is 0 Å². The predicted octanol–water partition coefficient (Wildman–Crippen LogP) is 0.733. The fourth-order valence-corrected chi connectivity index (χ4v) is 2.49. The van der Waals surface area contributed by atoms with E-state index in [9.17, 15) is 0 Å². The lowest BCUT2D eigenvalue weighted by molar-refractivity contribution is 0.389. The lowest BCUT2D eigenvalue weighted by Crippen LogP contribution is -2.13. The monoisotopic (exact) mass is 211 g/mol. The Morgan fingerprint density at radius 2 is 2.36 bits per heavy atom. The minimum absolute atomic E-state index is 0.372. The van der Waals surface area contributed by atoms with Crippen LogP contribution in [0.25, 0.3) is 0 Å². The van der Waals surface area contributed by atoms with E-state index in [1.807, 2.05) is 11.8 Å². The van der Waals surface area contributed by atoms with E-state index in [4.69, 9.17) is 10.5 Å². The molecule has 2 N–H and O–H groups in total. The van der Waals surface area contributed by atoms with Gasteiger partial charge >= 0.3 is 0 Å². The summed E-state index contributed by atoms with van der Waals surface area (Å²) < 4.78 is 5.24. The molecule has 0 spiro atoms. The van der Waals surface area contributed by atoms with Crippen LogP contribution in [0.5, 0.6) is 5.88 Å². The van der Waals surface area contributed by atoms with Crippen LogP contribution in [-0.4, -0.2) is 22.8 Å². The Labute approximate surface area is 87.3 Å². The summed E-state index contributed by atoms with van der Waals surface area (Å²) in [5.41, 5.74) is 7.77. The molecule has 76 valence electrons. The molecule has 2 rings (SSSR count). The van der Waals surface area contributed by atoms with Crippen LogP contribution in [0.3, 0.4) is 0 Å². The van der Waals surface area contributed by atoms with Gasteiger partial charge in [0.15, 0.2) is 0 Å². The van der Waals surface area contributed by atoms with Gasteiger partial charge in [-0.25, -0.2) is 4.98 Å². The molecule has 1 aliphatic rings. The zero-order valence-corrected chi connectivity index (χ0v) is 8.93. The molecule has 2 heterocycles. The van der Waals surface area contributed by atoms with Crippen molar-refractivity contribution in [2.45, 2.75) is 18.7 Å². The number of ether oxygens (including phenoxy) is 1. The van der Waals surface area contributed by atoms with E-state index < -0.39 is 0 Å². The van der Waals surface area contributed by atoms with E-state index >= 15 is 0 Å². The zero-order chi connectivity index (χ0) is 9.97. The fraction of sp³-hybridized carbons (Fsp3) is 0.556. The third kappa shape index (κ3) is 1.69. The minimum Gasteiger partial charge on any atom is -0.481 e. The number of nitrogens with two attached hydrogens (primary N) is 1. The van der Waals surface area contributed by atoms with E-state index in [1.54, 1.807) is 7.11 Å². The molecule has 0 aromatic carbocycles. The van der Waals surface area contributed by atoms with Crippen molar-refractivity contribution in [2.75, 3.05) is 12.9 Å². The quantitative estimate of drug-likeness (QED) is 0.781. The van der Waals surface area contributed by atoms with Gasteiger partial charge in [-0.2, -0.15) is 16.7 Å². The van der Waals surface area contributed by atoms with E-state index in [2.05, 4.69) is 9.97 Å². The van der Waals surface area contributed by atoms with Crippen molar-refractivity contribution in [3.63, 3.8) is 0 Å². The molecule has 0 unspecified atom stereocenters. The Balaban J connectivity index is 2.47. The van der Waals surface area contributed by atoms with Crippen molar-refractivity contribution in [2.24, 2.45) is 5.73 Å². The fourth-order valence-electron chi connectivity index (χ4n) is 1.51. The summed E-state index contributed by atoms with van der Waals surface area (Å²) in [6, 6.07) is 0. The molecular formula is C9H13N3OS. The summed E-state index contributed by atoms with van der Waals surface area (Å²) in [6.45, 7) is 0.372. The largest absolute Gasteiger partial charge is 0.481 e. The first kappa shape index (κ1) is 9.73. The third-order valence-electron chi connectivity index (χ3n) is 2.21. The normalized spacial score (nSPS) is 15.0. The summed E-state index contributed by atoms with van der Waals surface area (Å²) in [4.78, 5) is 8.66. The number of fused-ring (bicyclic) bond motifs is 1. The Kier molecular flexibility index (Phi) is 2.88. The van der Waals surface area contributed by atoms with E-state index in [1.165, 1.54) is 0 Å². The Bertz CT molecular complexity index is 326. The SMILES string of the molecule is COc1nc(CN)nc2c1CSCC2. The summed E-state index contributed by atoms with van der Waals surface area (Å²) in [6.07, 6.45) is 0.992. The number of aryl methyl sites for hydroxylation is 1. The van der Waals surface area contributed by atoms with Crippen molar-refractivity contribution in [3.05, 3.63) is 17.1 Å². The van der Waals surface area contributed by atoms with Gasteiger partial charge in [-0.3, -0.25) is 0 Å². The van der Waals surface area contributed by atoms with Crippen LogP contribution < -0.4 is 10.5 Å². The number of rotatable bonds is 2. The van der Waals surface area contributed by atoms with E-state index in [0.717, 1.165) is 29.2 Å². The van der Waals surface area contributed by atoms with Gasteiger partial charge in [0.05, 0.1) is 19.3 Å². The molecule has 5 heteroatoms. The van der Waals surface area contributed by atoms with Gasteiger partial charge in [-0.05, 0) is 12.2 Å². The molecule has 1 aromatic rings. The van der Waals surface area contributed by atoms with Gasteiger partial charge in [0.25, 0.3) is 0 Å². The second-order valence-electron chi connectivity index (χ2n) is 3.08. The highest BCUT2D eigenvalue weighted by atomic mass is 32.2. The molecule has 0 radical (unpaired) electrons. The number of nitrogens with zero attached hydrogens (tertiary/aromatic N) is 2. The summed E-state index contributed by atoms with van der Waals surface area (Å²) in [7, 11) is 1.64. The summed E-state index contributed by atoms with van der Waals surface area (Å²) in [5.74, 6) is 3.44. The number of hydrogen-bond acceptors (Lipinski definition) is 5. The lowest BCUT2D eigenvalue weighted by Gasteiger charge is -2.17. The molecule has 0 saturated heterocycles. The molecule has 1 aliphatic heterocycles. The van der Waals surface area contributed by atoms with Crippen LogP contribution in [0, 0.1) is 0 Å². The van der Waals surface area contributed by atoms with Crippen LogP contribution in [0.1, 0.15) is 17.1 Å². The van der Waals surface area contributed by atoms with Gasteiger partial charge in [0.1, 0.15) is 5.82 Å². The van der Waals surface area contributed by atoms with E-state index in [0.29, 0.717) is 18.2 Å². The Morgan fingerprint density at radius 3 is 3.07 bits per heavy atom. The average Bonchev–Trinajstić information content (AvgIpc) is 2.27. The average molecular weight is 211 g/mol. The summed E-state index contributed by atoms with van der Waals surface area (Å²) >= 11 is 1.89. The molecule has 1 aromatic heterocycles. The molecule has 0 aliphatic carbocycles. The van der Waals surface area contributed by atoms with Crippen LogP contribution in [0.15, 0.2) is 0 Å². The second kappa shape index (κ2) is 4.14. The molecule has 0 bridgehead atoms. The molecule has 0 atom stereocenters. The summed E-state index contributed by atoms with van der Waals surface area (Å²) in [5, 5.41) is 0. The van der Waals surface area contributed by atoms with E-state index in [-0.39, 0.29) is 0 Å². The van der Waals surface area contributed by atoms with Crippen LogP contribution in [-0.2, 0) is 18.7 Å². The highest BCUT2D eigenvalue weighted by molar-refractivity contribution is 7.98. The molecule has 4 nitrogen and oxygen atoms in total. The zero-order valence-electron chi connectivity index (χ0n) is 8.12. The lowest BCUT2D eigenvalue weighted by atomic mass is 10.2. The van der Waals surface area contributed by atoms with Gasteiger partial charge in [0.2, 0.25) is 5.88 Å². The number of thioether (sulfide) groups is 1. The van der Waals surface area contributed by atoms with Crippen LogP contribution in [0.2, 0.25) is 0 Å². The van der Waals surface area contributed by atoms with Crippen molar-refractivity contribution < 1.29 is 4.74 Å². The van der Waals surface area contributed by atoms with Gasteiger partial charge in [0, 0.05) is 11.3 Å². The van der Waals surface area contributed by atoms with Crippen molar-refractivity contribution >= 4 is 11.8 Å². The first-order chi connectivity index (χ1) is 6.85. The van der Waals surface area contributed by atoms with Crippen LogP contribution >= 0.6 is 11.8 Å². The number of methoxy groups -OCH3 is 1. The maximum Gasteiger partial charge on any atom is 0.220 e. The van der Waals surface area contributed by atoms with Gasteiger partial charge < -0.3 is 10.5 Å². The minimum atomic E-state index is 0.372. The number of aromatic nitrogens is 2. The first-order valence-corrected chi connectivity index (χ1v) is 5.71. The van der Waals surface area contributed by atoms with Gasteiger partial charge in [-0.1, -0.05) is 0 Å². The molecule has 0 amide bonds. The first-order valence-electron chi connectivity index (χ1n) is 4.55. The predicted molar refractivity (Wildman–Crippen MR) is 56.3 cm³/mol. The highest BCUT2D eigenvalue weighted by Crippen LogP contribution is 2.29. The topological polar surface area (TPSA) is 61.0 Å². The Morgan fingerprint density at radius 1 is 1.50 bits per heavy atom.